The van der Waals surface area contributed by atoms with Crippen molar-refractivity contribution in [3.05, 3.63) is 11.6 Å². The molecule has 1 aromatic rings. The Kier molecular flexibility index (Phi) is 6.35. The Bertz CT molecular complexity index is 571. The number of piperidine rings is 1. The van der Waals surface area contributed by atoms with E-state index in [1.165, 1.54) is 24.3 Å². The van der Waals surface area contributed by atoms with Crippen molar-refractivity contribution in [2.45, 2.75) is 44.2 Å². The first-order valence-corrected chi connectivity index (χ1v) is 10.3. The molecule has 3 heterocycles. The molecule has 8 heteroatoms. The summed E-state index contributed by atoms with van der Waals surface area (Å²) in [6.07, 6.45) is 3.51. The maximum Gasteiger partial charge on any atom is 0.234 e. The van der Waals surface area contributed by atoms with Crippen LogP contribution in [0.5, 0.6) is 0 Å². The molecule has 2 fully saturated rings. The molecular formula is C17H30N6OS. The lowest BCUT2D eigenvalue weighted by molar-refractivity contribution is -0.123. The molecule has 2 N–H and O–H groups in total. The first kappa shape index (κ1) is 18.7. The molecule has 0 radical (unpaired) electrons. The van der Waals surface area contributed by atoms with E-state index >= 15 is 0 Å². The molecule has 2 atom stereocenters. The van der Waals surface area contributed by atoms with Gasteiger partial charge >= 0.3 is 0 Å². The molecule has 7 nitrogen and oxygen atoms in total. The second kappa shape index (κ2) is 8.51. The van der Waals surface area contributed by atoms with Crippen LogP contribution in [0, 0.1) is 6.92 Å². The molecule has 3 rings (SSSR count). The first-order chi connectivity index (χ1) is 12.0. The van der Waals surface area contributed by atoms with E-state index in [0.29, 0.717) is 12.6 Å². The van der Waals surface area contributed by atoms with Gasteiger partial charge in [0.05, 0.1) is 12.6 Å². The number of likely N-dealkylation sites (N-methyl/N-ethyl adjacent to an activating group) is 1. The summed E-state index contributed by atoms with van der Waals surface area (Å²) in [4.78, 5) is 21.4. The predicted octanol–water partition coefficient (Wildman–Crippen LogP) is 0.844. The zero-order valence-electron chi connectivity index (χ0n) is 15.5. The van der Waals surface area contributed by atoms with Crippen LogP contribution in [0.25, 0.3) is 0 Å². The topological polar surface area (TPSA) is 77.2 Å². The molecule has 2 aliphatic heterocycles. The number of rotatable bonds is 5. The molecule has 140 valence electrons. The van der Waals surface area contributed by atoms with Crippen molar-refractivity contribution in [1.29, 1.82) is 0 Å². The third kappa shape index (κ3) is 4.95. The second-order valence-electron chi connectivity index (χ2n) is 7.42. The monoisotopic (exact) mass is 366 g/mol. The second-order valence-corrected chi connectivity index (χ2v) is 8.65. The van der Waals surface area contributed by atoms with Crippen LogP contribution in [0.3, 0.4) is 0 Å². The summed E-state index contributed by atoms with van der Waals surface area (Å²) in [5.41, 5.74) is 0. The van der Waals surface area contributed by atoms with E-state index in [0.717, 1.165) is 31.2 Å². The van der Waals surface area contributed by atoms with Gasteiger partial charge in [0.15, 0.2) is 5.82 Å². The Hall–Kier alpha value is -1.12. The van der Waals surface area contributed by atoms with E-state index in [9.17, 15) is 4.79 Å². The summed E-state index contributed by atoms with van der Waals surface area (Å²) < 4.78 is 0. The van der Waals surface area contributed by atoms with E-state index < -0.39 is 0 Å². The molecular weight excluding hydrogens is 336 g/mol. The minimum atomic E-state index is 0.0750. The lowest BCUT2D eigenvalue weighted by atomic mass is 9.89. The van der Waals surface area contributed by atoms with Crippen LogP contribution < -0.4 is 5.32 Å². The SMILES string of the molecule is Cc1nc([C@H]2CCN(C3CCSCC3)C[C@H]2NC(=O)CN(C)C)n[nH]1. The van der Waals surface area contributed by atoms with Crippen molar-refractivity contribution < 1.29 is 4.79 Å². The van der Waals surface area contributed by atoms with Gasteiger partial charge in [-0.15, -0.1) is 0 Å². The highest BCUT2D eigenvalue weighted by Gasteiger charge is 2.36. The van der Waals surface area contributed by atoms with E-state index in [1.807, 2.05) is 25.9 Å². The Balaban J connectivity index is 1.70. The highest BCUT2D eigenvalue weighted by atomic mass is 32.2. The molecule has 0 aromatic carbocycles. The van der Waals surface area contributed by atoms with Crippen LogP contribution in [-0.2, 0) is 4.79 Å². The van der Waals surface area contributed by atoms with Crippen molar-refractivity contribution >= 4 is 17.7 Å². The average molecular weight is 367 g/mol. The predicted molar refractivity (Wildman–Crippen MR) is 101 cm³/mol. The molecule has 25 heavy (non-hydrogen) atoms. The molecule has 0 saturated carbocycles. The van der Waals surface area contributed by atoms with Crippen molar-refractivity contribution in [2.75, 3.05) is 45.2 Å². The number of aromatic nitrogens is 3. The van der Waals surface area contributed by atoms with Crippen LogP contribution in [0.1, 0.15) is 36.8 Å². The number of likely N-dealkylation sites (tertiary alicyclic amines) is 1. The van der Waals surface area contributed by atoms with Gasteiger partial charge in [-0.2, -0.15) is 16.9 Å². The van der Waals surface area contributed by atoms with Crippen LogP contribution in [0.2, 0.25) is 0 Å². The van der Waals surface area contributed by atoms with Gasteiger partial charge in [-0.1, -0.05) is 0 Å². The third-order valence-corrected chi connectivity index (χ3v) is 6.15. The number of hydrogen-bond donors (Lipinski definition) is 2. The summed E-state index contributed by atoms with van der Waals surface area (Å²) in [5, 5.41) is 10.6. The normalized spacial score (nSPS) is 26.1. The van der Waals surface area contributed by atoms with Crippen LogP contribution in [-0.4, -0.2) is 88.2 Å². The molecule has 1 amide bonds. The summed E-state index contributed by atoms with van der Waals surface area (Å²) in [6, 6.07) is 0.732. The van der Waals surface area contributed by atoms with Crippen LogP contribution in [0.15, 0.2) is 0 Å². The zero-order valence-corrected chi connectivity index (χ0v) is 16.3. The molecule has 0 aliphatic carbocycles. The van der Waals surface area contributed by atoms with Gasteiger partial charge in [-0.05, 0) is 58.3 Å². The first-order valence-electron chi connectivity index (χ1n) is 9.17. The van der Waals surface area contributed by atoms with Crippen LogP contribution >= 0.6 is 11.8 Å². The molecule has 0 spiro atoms. The molecule has 0 unspecified atom stereocenters. The fourth-order valence-electron chi connectivity index (χ4n) is 3.88. The number of aromatic amines is 1. The smallest absolute Gasteiger partial charge is 0.234 e. The quantitative estimate of drug-likeness (QED) is 0.804. The fourth-order valence-corrected chi connectivity index (χ4v) is 4.96. The number of nitrogens with zero attached hydrogens (tertiary/aromatic N) is 4. The van der Waals surface area contributed by atoms with Gasteiger partial charge in [0.25, 0.3) is 0 Å². The Morgan fingerprint density at radius 2 is 2.12 bits per heavy atom. The summed E-state index contributed by atoms with van der Waals surface area (Å²) in [7, 11) is 3.84. The Labute approximate surface area is 154 Å². The van der Waals surface area contributed by atoms with E-state index in [2.05, 4.69) is 37.2 Å². The minimum absolute atomic E-state index is 0.0750. The number of carbonyl (C=O) groups excluding carboxylic acids is 1. The average Bonchev–Trinajstić information content (AvgIpc) is 3.01. The van der Waals surface area contributed by atoms with Gasteiger partial charge in [-0.25, -0.2) is 4.98 Å². The largest absolute Gasteiger partial charge is 0.350 e. The minimum Gasteiger partial charge on any atom is -0.350 e. The lowest BCUT2D eigenvalue weighted by Crippen LogP contribution is -2.55. The summed E-state index contributed by atoms with van der Waals surface area (Å²) in [6.45, 7) is 4.29. The van der Waals surface area contributed by atoms with Crippen molar-refractivity contribution in [3.63, 3.8) is 0 Å². The van der Waals surface area contributed by atoms with Gasteiger partial charge in [0, 0.05) is 18.5 Å². The molecule has 1 aromatic heterocycles. The fraction of sp³-hybridized carbons (Fsp3) is 0.824. The lowest BCUT2D eigenvalue weighted by Gasteiger charge is -2.43. The number of hydrogen-bond acceptors (Lipinski definition) is 6. The highest BCUT2D eigenvalue weighted by molar-refractivity contribution is 7.99. The standard InChI is InChI=1S/C17H30N6OS/c1-12-18-17(21-20-12)14-4-7-23(13-5-8-25-9-6-13)10-15(14)19-16(24)11-22(2)3/h13-15H,4-11H2,1-3H3,(H,19,24)(H,18,20,21)/t14-,15+/m0/s1. The number of aryl methyl sites for hydroxylation is 1. The molecule has 2 saturated heterocycles. The number of nitrogens with one attached hydrogen (secondary N) is 2. The zero-order chi connectivity index (χ0) is 17.8. The Morgan fingerprint density at radius 3 is 2.76 bits per heavy atom. The van der Waals surface area contributed by atoms with E-state index in [-0.39, 0.29) is 17.9 Å². The Morgan fingerprint density at radius 1 is 1.36 bits per heavy atom. The van der Waals surface area contributed by atoms with Gasteiger partial charge < -0.3 is 10.2 Å². The van der Waals surface area contributed by atoms with Crippen molar-refractivity contribution in [1.82, 2.24) is 30.3 Å². The van der Waals surface area contributed by atoms with Gasteiger partial charge in [-0.3, -0.25) is 14.8 Å². The van der Waals surface area contributed by atoms with E-state index in [4.69, 9.17) is 0 Å². The van der Waals surface area contributed by atoms with Crippen molar-refractivity contribution in [2.24, 2.45) is 0 Å². The van der Waals surface area contributed by atoms with E-state index in [1.54, 1.807) is 0 Å². The number of thioether (sulfide) groups is 1. The highest BCUT2D eigenvalue weighted by Crippen LogP contribution is 2.30. The van der Waals surface area contributed by atoms with Crippen molar-refractivity contribution in [3.8, 4) is 0 Å². The maximum atomic E-state index is 12.4. The number of carbonyl (C=O) groups is 1. The number of amides is 1. The molecule has 2 aliphatic rings. The van der Waals surface area contributed by atoms with Crippen LogP contribution in [0.4, 0.5) is 0 Å². The maximum absolute atomic E-state index is 12.4. The van der Waals surface area contributed by atoms with Gasteiger partial charge in [0.2, 0.25) is 5.91 Å². The summed E-state index contributed by atoms with van der Waals surface area (Å²) in [5.74, 6) is 4.44. The molecule has 0 bridgehead atoms. The number of H-pyrrole nitrogens is 1. The van der Waals surface area contributed by atoms with Gasteiger partial charge in [0.1, 0.15) is 5.82 Å². The third-order valence-electron chi connectivity index (χ3n) is 5.10. The summed E-state index contributed by atoms with van der Waals surface area (Å²) >= 11 is 2.06.